The normalized spacial score (nSPS) is 16.0. The number of anilines is 1. The minimum absolute atomic E-state index is 0.00616. The Morgan fingerprint density at radius 1 is 1.05 bits per heavy atom. The van der Waals surface area contributed by atoms with E-state index in [1.54, 1.807) is 13.2 Å². The van der Waals surface area contributed by atoms with Crippen molar-refractivity contribution in [1.82, 2.24) is 0 Å². The zero-order valence-corrected chi connectivity index (χ0v) is 24.5. The lowest BCUT2D eigenvalue weighted by atomic mass is 10.0. The van der Waals surface area contributed by atoms with Gasteiger partial charge in [-0.3, -0.25) is 4.79 Å². The van der Waals surface area contributed by atoms with Crippen LogP contribution in [-0.2, 0) is 27.3 Å². The highest BCUT2D eigenvalue weighted by Crippen LogP contribution is 2.31. The van der Waals surface area contributed by atoms with Gasteiger partial charge in [-0.25, -0.2) is 4.79 Å². The molecule has 0 N–H and O–H groups in total. The van der Waals surface area contributed by atoms with Crippen molar-refractivity contribution >= 4 is 28.9 Å². The molecule has 0 radical (unpaired) electrons. The van der Waals surface area contributed by atoms with Crippen molar-refractivity contribution in [2.45, 2.75) is 70.6 Å². The maximum atomic E-state index is 12.8. The van der Waals surface area contributed by atoms with Crippen LogP contribution in [0.4, 0.5) is 5.69 Å². The van der Waals surface area contributed by atoms with Gasteiger partial charge < -0.3 is 19.1 Å². The monoisotopic (exact) mass is 561 g/mol. The van der Waals surface area contributed by atoms with E-state index in [1.165, 1.54) is 24.9 Å². The Balaban J connectivity index is 1.41. The van der Waals surface area contributed by atoms with Crippen LogP contribution < -0.4 is 9.64 Å². The van der Waals surface area contributed by atoms with Gasteiger partial charge in [-0.05, 0) is 66.8 Å². The van der Waals surface area contributed by atoms with Crippen LogP contribution in [0.1, 0.15) is 77.2 Å². The molecule has 1 fully saturated rings. The van der Waals surface area contributed by atoms with E-state index < -0.39 is 0 Å². The summed E-state index contributed by atoms with van der Waals surface area (Å²) in [5.41, 5.74) is 3.15. The number of nitrogens with zero attached hydrogens (tertiary/aromatic N) is 1. The molecule has 7 heteroatoms. The molecule has 1 saturated heterocycles. The van der Waals surface area contributed by atoms with Crippen molar-refractivity contribution in [3.63, 3.8) is 0 Å². The fourth-order valence-corrected chi connectivity index (χ4v) is 5.86. The predicted molar refractivity (Wildman–Crippen MR) is 160 cm³/mol. The van der Waals surface area contributed by atoms with E-state index in [4.69, 9.17) is 14.2 Å². The lowest BCUT2D eigenvalue weighted by molar-refractivity contribution is -0.117. The largest absolute Gasteiger partial charge is 0.497 e. The molecule has 1 aliphatic heterocycles. The molecule has 2 atom stereocenters. The summed E-state index contributed by atoms with van der Waals surface area (Å²) in [4.78, 5) is 28.1. The number of carbonyl (C=O) groups excluding carboxylic acids is 2. The van der Waals surface area contributed by atoms with Crippen LogP contribution >= 0.6 is 11.3 Å². The highest BCUT2D eigenvalue weighted by Gasteiger charge is 2.30. The minimum Gasteiger partial charge on any atom is -0.497 e. The molecule has 212 valence electrons. The molecule has 0 saturated carbocycles. The Bertz CT molecular complexity index is 1260. The molecule has 2 aromatic carbocycles. The third kappa shape index (κ3) is 7.83. The van der Waals surface area contributed by atoms with Crippen LogP contribution in [0.3, 0.4) is 0 Å². The number of benzene rings is 2. The number of thiophene rings is 1. The first-order valence-electron chi connectivity index (χ1n) is 14.0. The van der Waals surface area contributed by atoms with Gasteiger partial charge in [0.05, 0.1) is 33.0 Å². The number of ether oxygens (including phenoxy) is 3. The summed E-state index contributed by atoms with van der Waals surface area (Å²) < 4.78 is 16.5. The van der Waals surface area contributed by atoms with Crippen molar-refractivity contribution in [3.8, 4) is 5.75 Å². The Morgan fingerprint density at radius 3 is 2.52 bits per heavy atom. The highest BCUT2D eigenvalue weighted by molar-refractivity contribution is 7.13. The van der Waals surface area contributed by atoms with Gasteiger partial charge in [-0.15, -0.1) is 11.3 Å². The number of hydrogen-bond donors (Lipinski definition) is 0. The van der Waals surface area contributed by atoms with E-state index in [-0.39, 0.29) is 24.0 Å². The average Bonchev–Trinajstić information content (AvgIpc) is 3.61. The zero-order chi connectivity index (χ0) is 28.3. The number of rotatable bonds is 14. The number of methoxy groups -OCH3 is 2. The molecule has 3 aromatic rings. The van der Waals surface area contributed by atoms with Crippen molar-refractivity contribution in [3.05, 3.63) is 93.7 Å². The average molecular weight is 562 g/mol. The molecule has 4 rings (SSSR count). The molecule has 0 bridgehead atoms. The van der Waals surface area contributed by atoms with Gasteiger partial charge in [0.25, 0.3) is 0 Å². The maximum Gasteiger partial charge on any atom is 0.348 e. The first kappa shape index (κ1) is 29.6. The van der Waals surface area contributed by atoms with E-state index in [9.17, 15) is 9.59 Å². The number of carbonyl (C=O) groups is 2. The molecule has 40 heavy (non-hydrogen) atoms. The summed E-state index contributed by atoms with van der Waals surface area (Å²) in [5, 5.41) is 0. The van der Waals surface area contributed by atoms with Gasteiger partial charge in [0.15, 0.2) is 0 Å². The summed E-state index contributed by atoms with van der Waals surface area (Å²) >= 11 is 1.44. The van der Waals surface area contributed by atoms with Crippen LogP contribution in [0, 0.1) is 0 Å². The quantitative estimate of drug-likeness (QED) is 0.115. The summed E-state index contributed by atoms with van der Waals surface area (Å²) in [6.07, 6.45) is 10.6. The summed E-state index contributed by atoms with van der Waals surface area (Å²) in [6, 6.07) is 20.0. The molecule has 6 nitrogen and oxygen atoms in total. The van der Waals surface area contributed by atoms with E-state index in [0.717, 1.165) is 53.1 Å². The van der Waals surface area contributed by atoms with Crippen molar-refractivity contribution < 1.29 is 23.8 Å². The highest BCUT2D eigenvalue weighted by atomic mass is 32.1. The van der Waals surface area contributed by atoms with Gasteiger partial charge in [-0.1, -0.05) is 62.6 Å². The number of hydrogen-bond acceptors (Lipinski definition) is 6. The lowest BCUT2D eigenvalue weighted by Gasteiger charge is -2.24. The van der Waals surface area contributed by atoms with Crippen LogP contribution in [0.2, 0.25) is 0 Å². The molecule has 2 heterocycles. The number of amides is 1. The standard InChI is InChI=1S/C33H39NO5S/c1-4-5-6-10-30(39-23-24-11-18-28(37-2)19-12-24)25-13-15-27(16-14-25)34-26(17-22-32(34)35)8-7-9-29-20-21-31(40-29)33(36)38-3/h7-8,11-16,18-21,26,30H,4-6,9-10,17,22-23H2,1-3H3/b8-7+/t26-,30?/m0/s1. The second-order valence-electron chi connectivity index (χ2n) is 9.99. The van der Waals surface area contributed by atoms with Gasteiger partial charge >= 0.3 is 5.97 Å². The maximum absolute atomic E-state index is 12.8. The SMILES string of the molecule is CCCCCC(OCc1ccc(OC)cc1)c1ccc(N2C(=O)CC[C@@H]2/C=C/Cc2ccc(C(=O)OC)s2)cc1. The summed E-state index contributed by atoms with van der Waals surface area (Å²) in [5.74, 6) is 0.666. The second-order valence-corrected chi connectivity index (χ2v) is 11.2. The number of esters is 1. The van der Waals surface area contributed by atoms with Crippen LogP contribution in [-0.4, -0.2) is 32.1 Å². The van der Waals surface area contributed by atoms with Crippen LogP contribution in [0.25, 0.3) is 0 Å². The first-order valence-corrected chi connectivity index (χ1v) is 14.8. The Kier molecular flexibility index (Phi) is 11.0. The molecular formula is C33H39NO5S. The smallest absolute Gasteiger partial charge is 0.348 e. The minimum atomic E-state index is -0.310. The number of unbranched alkanes of at least 4 members (excludes halogenated alkanes) is 2. The van der Waals surface area contributed by atoms with E-state index >= 15 is 0 Å². The van der Waals surface area contributed by atoms with Gasteiger partial charge in [0.2, 0.25) is 5.91 Å². The summed E-state index contributed by atoms with van der Waals surface area (Å²) in [7, 11) is 3.06. The Labute approximate surface area is 241 Å². The molecule has 1 amide bonds. The third-order valence-corrected chi connectivity index (χ3v) is 8.29. The van der Waals surface area contributed by atoms with Gasteiger partial charge in [0, 0.05) is 17.0 Å². The second kappa shape index (κ2) is 14.8. The molecule has 1 unspecified atom stereocenters. The Hall–Kier alpha value is -3.42. The third-order valence-electron chi connectivity index (χ3n) is 7.20. The van der Waals surface area contributed by atoms with Crippen LogP contribution in [0.5, 0.6) is 5.75 Å². The topological polar surface area (TPSA) is 65.1 Å². The van der Waals surface area contributed by atoms with Gasteiger partial charge in [0.1, 0.15) is 10.6 Å². The summed E-state index contributed by atoms with van der Waals surface area (Å²) in [6.45, 7) is 2.74. The lowest BCUT2D eigenvalue weighted by Crippen LogP contribution is -2.31. The fourth-order valence-electron chi connectivity index (χ4n) is 4.96. The van der Waals surface area contributed by atoms with Gasteiger partial charge in [-0.2, -0.15) is 0 Å². The van der Waals surface area contributed by atoms with Crippen molar-refractivity contribution in [2.24, 2.45) is 0 Å². The molecule has 0 aliphatic carbocycles. The van der Waals surface area contributed by atoms with E-state index in [1.807, 2.05) is 47.4 Å². The number of allylic oxidation sites excluding steroid dienone is 1. The fraction of sp³-hybridized carbons (Fsp3) is 0.394. The van der Waals surface area contributed by atoms with Crippen LogP contribution in [0.15, 0.2) is 72.8 Å². The van der Waals surface area contributed by atoms with E-state index in [0.29, 0.717) is 24.3 Å². The zero-order valence-electron chi connectivity index (χ0n) is 23.6. The molecular weight excluding hydrogens is 522 g/mol. The molecule has 1 aliphatic rings. The van der Waals surface area contributed by atoms with Crippen molar-refractivity contribution in [1.29, 1.82) is 0 Å². The molecule has 1 aromatic heterocycles. The van der Waals surface area contributed by atoms with E-state index in [2.05, 4.69) is 31.2 Å². The predicted octanol–water partition coefficient (Wildman–Crippen LogP) is 7.68. The first-order chi connectivity index (χ1) is 19.5. The molecule has 0 spiro atoms. The van der Waals surface area contributed by atoms with Crippen molar-refractivity contribution in [2.75, 3.05) is 19.1 Å². The Morgan fingerprint density at radius 2 is 1.82 bits per heavy atom.